The first-order valence-electron chi connectivity index (χ1n) is 0. The summed E-state index contributed by atoms with van der Waals surface area (Å²) in [4.78, 5) is 0. The van der Waals surface area contributed by atoms with Crippen LogP contribution in [0.5, 0.6) is 0 Å². The third-order valence-corrected chi connectivity index (χ3v) is 0. The van der Waals surface area contributed by atoms with Crippen molar-refractivity contribution in [3.8, 4) is 0 Å². The molecule has 0 rings (SSSR count). The number of rotatable bonds is 0. The zero-order chi connectivity index (χ0) is 0. The zero-order valence-corrected chi connectivity index (χ0v) is 13.6. The average molecular weight is 350 g/mol. The normalized spacial score (nSPS) is 0. The van der Waals surface area contributed by atoms with Crippen molar-refractivity contribution in [2.24, 2.45) is 0 Å². The van der Waals surface area contributed by atoms with Gasteiger partial charge in [-0.2, -0.15) is 0 Å². The second kappa shape index (κ2) is 427. The second-order valence-corrected chi connectivity index (χ2v) is 0. The molecule has 14 heteroatoms. The Kier molecular flexibility index (Phi) is 15800. The molecule has 0 unspecified atom stereocenters. The minimum atomic E-state index is 0. The Balaban J connectivity index is 0. The molecule has 0 aromatic heterocycles. The van der Waals surface area contributed by atoms with Crippen molar-refractivity contribution in [2.45, 2.75) is 0 Å². The molecule has 0 spiro atoms. The molecule has 0 atom stereocenters. The molecule has 14 heavy (non-hydrogen) atoms. The van der Waals surface area contributed by atoms with Gasteiger partial charge in [0.05, 0.1) is 0 Å². The van der Waals surface area contributed by atoms with Gasteiger partial charge in [0.2, 0.25) is 0 Å². The van der Waals surface area contributed by atoms with Gasteiger partial charge in [0.25, 0.3) is 0 Å². The number of hydrogen-bond donors (Lipinski definition) is 0. The van der Waals surface area contributed by atoms with Gasteiger partial charge in [0.1, 0.15) is 0 Å². The van der Waals surface area contributed by atoms with Gasteiger partial charge in [0, 0.05) is 0 Å². The van der Waals surface area contributed by atoms with Gasteiger partial charge < -0.3 is 93.4 Å². The van der Waals surface area contributed by atoms with Crippen molar-refractivity contribution in [1.29, 1.82) is 0 Å². The first-order valence-corrected chi connectivity index (χ1v) is 0. The molecule has 0 aliphatic rings. The fraction of sp³-hybridized carbons (Fsp3) is 0. The van der Waals surface area contributed by atoms with Crippen LogP contribution in [0.25, 0.3) is 0 Å². The predicted octanol–water partition coefficient (Wildman–Crippen LogP) is -19.3. The van der Waals surface area contributed by atoms with E-state index in [1.807, 2.05) is 0 Å². The van der Waals surface area contributed by atoms with Crippen molar-refractivity contribution >= 4 is 60.8 Å². The molecule has 96 valence electrons. The molecule has 0 fully saturated rings. The van der Waals surface area contributed by atoms with Crippen LogP contribution < -0.4 is 49.6 Å². The Labute approximate surface area is 152 Å². The molecule has 0 radical (unpaired) electrons. The summed E-state index contributed by atoms with van der Waals surface area (Å²) in [6, 6.07) is 0. The molecule has 0 heterocycles. The Morgan fingerprint density at radius 3 is 0.286 bits per heavy atom. The van der Waals surface area contributed by atoms with E-state index in [4.69, 9.17) is 0 Å². The average Bonchev–Trinajstić information content (AvgIpc) is 0. The topological polar surface area (TPSA) is 252 Å². The summed E-state index contributed by atoms with van der Waals surface area (Å²) < 4.78 is 0. The molecule has 0 aliphatic carbocycles. The van der Waals surface area contributed by atoms with E-state index in [9.17, 15) is 0 Å². The Morgan fingerprint density at radius 2 is 0.286 bits per heavy atom. The summed E-state index contributed by atoms with van der Waals surface area (Å²) in [5.41, 5.74) is 0. The fourth-order valence-electron chi connectivity index (χ4n) is 0. The van der Waals surface area contributed by atoms with E-state index < -0.39 is 0 Å². The van der Waals surface area contributed by atoms with Crippen LogP contribution in [0, 0.1) is 0 Å². The molecule has 0 amide bonds. The molecule has 16 N–H and O–H groups in total. The van der Waals surface area contributed by atoms with Crippen LogP contribution in [-0.4, -0.2) is 105 Å². The van der Waals surface area contributed by atoms with Crippen LogP contribution in [0.3, 0.4) is 0 Å². The monoisotopic (exact) mass is 348 g/mol. The van der Waals surface area contributed by atoms with Crippen LogP contribution in [0.15, 0.2) is 0 Å². The standard InChI is InChI=1S/Ca.4ClH.Mg.8H2O/h;4*1H;;8*1H2/q+2;;;;;+2;;;;;;;;/p-4. The van der Waals surface area contributed by atoms with Gasteiger partial charge in [-0.3, -0.25) is 0 Å². The predicted molar refractivity (Wildman–Crippen MR) is 40.4 cm³/mol. The first kappa shape index (κ1) is 517. The first-order chi connectivity index (χ1) is 0. The maximum absolute atomic E-state index is 0. The molecule has 0 saturated carbocycles. The van der Waals surface area contributed by atoms with Gasteiger partial charge >= 0.3 is 60.8 Å². The smallest absolute Gasteiger partial charge is 1.00 e. The maximum Gasteiger partial charge on any atom is 2.00 e. The third kappa shape index (κ3) is 348. The number of hydrogen-bond acceptors (Lipinski definition) is 0. The summed E-state index contributed by atoms with van der Waals surface area (Å²) in [7, 11) is 0. The molecule has 0 aliphatic heterocycles. The Bertz CT molecular complexity index is 21.3. The minimum Gasteiger partial charge on any atom is -1.00 e. The maximum atomic E-state index is 0. The summed E-state index contributed by atoms with van der Waals surface area (Å²) >= 11 is 0. The van der Waals surface area contributed by atoms with E-state index in [1.165, 1.54) is 0 Å². The molecule has 0 saturated heterocycles. The summed E-state index contributed by atoms with van der Waals surface area (Å²) in [6.07, 6.45) is 0. The van der Waals surface area contributed by atoms with E-state index in [0.29, 0.717) is 0 Å². The van der Waals surface area contributed by atoms with Gasteiger partial charge in [-0.15, -0.1) is 0 Å². The molecule has 0 aromatic rings. The fourth-order valence-corrected chi connectivity index (χ4v) is 0. The van der Waals surface area contributed by atoms with Crippen LogP contribution in [0.4, 0.5) is 0 Å². The second-order valence-electron chi connectivity index (χ2n) is 0. The van der Waals surface area contributed by atoms with Gasteiger partial charge in [-0.05, 0) is 0 Å². The largest absolute Gasteiger partial charge is 2.00 e. The quantitative estimate of drug-likeness (QED) is 0.369. The molecule has 8 nitrogen and oxygen atoms in total. The Morgan fingerprint density at radius 1 is 0.286 bits per heavy atom. The summed E-state index contributed by atoms with van der Waals surface area (Å²) in [5.74, 6) is 0. The van der Waals surface area contributed by atoms with Crippen molar-refractivity contribution in [3.05, 3.63) is 0 Å². The van der Waals surface area contributed by atoms with Crippen LogP contribution >= 0.6 is 0 Å². The molecular weight excluding hydrogens is 334 g/mol. The Hall–Kier alpha value is 2.87. The van der Waals surface area contributed by atoms with E-state index in [0.717, 1.165) is 0 Å². The summed E-state index contributed by atoms with van der Waals surface area (Å²) in [6.45, 7) is 0. The molecular formula is H16CaCl4MgO8. The SMILES string of the molecule is O.O.O.O.O.O.O.O.[Ca+2].[Cl-].[Cl-].[Cl-].[Cl-].[Mg+2]. The van der Waals surface area contributed by atoms with E-state index >= 15 is 0 Å². The zero-order valence-electron chi connectivity index (χ0n) is 6.93. The van der Waals surface area contributed by atoms with Crippen LogP contribution in [-0.2, 0) is 0 Å². The van der Waals surface area contributed by atoms with E-state index in [2.05, 4.69) is 0 Å². The van der Waals surface area contributed by atoms with Crippen molar-refractivity contribution in [3.63, 3.8) is 0 Å². The van der Waals surface area contributed by atoms with Crippen LogP contribution in [0.2, 0.25) is 0 Å². The molecule has 0 aromatic carbocycles. The van der Waals surface area contributed by atoms with E-state index in [-0.39, 0.29) is 154 Å². The van der Waals surface area contributed by atoms with Gasteiger partial charge in [-0.25, -0.2) is 0 Å². The van der Waals surface area contributed by atoms with Gasteiger partial charge in [0.15, 0.2) is 0 Å². The molecule has 0 bridgehead atoms. The van der Waals surface area contributed by atoms with Gasteiger partial charge in [-0.1, -0.05) is 0 Å². The van der Waals surface area contributed by atoms with Crippen molar-refractivity contribution in [2.75, 3.05) is 0 Å². The van der Waals surface area contributed by atoms with Crippen LogP contribution in [0.1, 0.15) is 0 Å². The summed E-state index contributed by atoms with van der Waals surface area (Å²) in [5, 5.41) is 0. The minimum absolute atomic E-state index is 0. The van der Waals surface area contributed by atoms with E-state index in [1.54, 1.807) is 0 Å². The third-order valence-electron chi connectivity index (χ3n) is 0. The van der Waals surface area contributed by atoms with Crippen molar-refractivity contribution < 1.29 is 93.4 Å². The number of halogens is 4. The van der Waals surface area contributed by atoms with Crippen molar-refractivity contribution in [1.82, 2.24) is 0 Å².